The van der Waals surface area contributed by atoms with E-state index in [2.05, 4.69) is 15.9 Å². The number of ketones is 1. The van der Waals surface area contributed by atoms with Crippen LogP contribution in [0.15, 0.2) is 53.0 Å². The van der Waals surface area contributed by atoms with E-state index in [0.717, 1.165) is 4.47 Å². The normalized spacial score (nSPS) is 11.9. The molecule has 0 aliphatic rings. The number of methoxy groups -OCH3 is 1. The predicted molar refractivity (Wildman–Crippen MR) is 76.4 cm³/mol. The zero-order valence-corrected chi connectivity index (χ0v) is 11.9. The van der Waals surface area contributed by atoms with Crippen LogP contribution in [0.3, 0.4) is 0 Å². The molecule has 1 atom stereocenters. The quantitative estimate of drug-likeness (QED) is 0.878. The van der Waals surface area contributed by atoms with Crippen LogP contribution in [0.5, 0.6) is 5.75 Å². The molecule has 4 heteroatoms. The number of hydrogen-bond acceptors (Lipinski definition) is 3. The van der Waals surface area contributed by atoms with E-state index in [1.54, 1.807) is 55.6 Å². The van der Waals surface area contributed by atoms with Crippen LogP contribution in [0.25, 0.3) is 0 Å². The third kappa shape index (κ3) is 3.22. The fourth-order valence-corrected chi connectivity index (χ4v) is 1.97. The molecular formula is C15H13BrO3. The zero-order chi connectivity index (χ0) is 13.8. The Morgan fingerprint density at radius 3 is 2.21 bits per heavy atom. The lowest BCUT2D eigenvalue weighted by molar-refractivity contribution is 0.0747. The van der Waals surface area contributed by atoms with Gasteiger partial charge in [-0.3, -0.25) is 4.79 Å². The van der Waals surface area contributed by atoms with Crippen molar-refractivity contribution in [2.75, 3.05) is 7.11 Å². The largest absolute Gasteiger partial charge is 0.497 e. The van der Waals surface area contributed by atoms with Crippen LogP contribution in [-0.4, -0.2) is 18.0 Å². The average Bonchev–Trinajstić information content (AvgIpc) is 2.46. The number of Topliss-reactive ketones (excluding diaryl/α,β-unsaturated/α-hetero) is 1. The third-order valence-corrected chi connectivity index (χ3v) is 3.34. The molecule has 1 N–H and O–H groups in total. The molecule has 0 fully saturated rings. The maximum atomic E-state index is 12.1. The second-order valence-electron chi connectivity index (χ2n) is 4.05. The summed E-state index contributed by atoms with van der Waals surface area (Å²) in [4.78, 5) is 12.1. The van der Waals surface area contributed by atoms with Crippen molar-refractivity contribution in [3.8, 4) is 5.75 Å². The van der Waals surface area contributed by atoms with Gasteiger partial charge in [0.2, 0.25) is 0 Å². The van der Waals surface area contributed by atoms with Crippen LogP contribution < -0.4 is 4.74 Å². The lowest BCUT2D eigenvalue weighted by atomic mass is 10.00. The van der Waals surface area contributed by atoms with Gasteiger partial charge >= 0.3 is 0 Å². The highest BCUT2D eigenvalue weighted by atomic mass is 79.9. The monoisotopic (exact) mass is 320 g/mol. The highest BCUT2D eigenvalue weighted by molar-refractivity contribution is 9.10. The maximum Gasteiger partial charge on any atom is 0.195 e. The minimum atomic E-state index is -1.15. The second kappa shape index (κ2) is 5.99. The number of halogens is 1. The van der Waals surface area contributed by atoms with Gasteiger partial charge in [0.05, 0.1) is 7.11 Å². The average molecular weight is 321 g/mol. The lowest BCUT2D eigenvalue weighted by Gasteiger charge is -2.10. The van der Waals surface area contributed by atoms with Crippen LogP contribution in [0, 0.1) is 0 Å². The number of benzene rings is 2. The molecule has 2 aromatic rings. The van der Waals surface area contributed by atoms with Crippen LogP contribution in [0.1, 0.15) is 22.0 Å². The fraction of sp³-hybridized carbons (Fsp3) is 0.133. The summed E-state index contributed by atoms with van der Waals surface area (Å²) in [5.74, 6) is 0.347. The van der Waals surface area contributed by atoms with E-state index < -0.39 is 6.10 Å². The molecule has 0 bridgehead atoms. The summed E-state index contributed by atoms with van der Waals surface area (Å²) in [6, 6.07) is 13.7. The SMILES string of the molecule is COc1ccc(C(=O)[C@@H](O)c2ccc(Br)cc2)cc1. The van der Waals surface area contributed by atoms with Gasteiger partial charge in [0.15, 0.2) is 5.78 Å². The van der Waals surface area contributed by atoms with Gasteiger partial charge in [0.1, 0.15) is 11.9 Å². The van der Waals surface area contributed by atoms with Crippen molar-refractivity contribution >= 4 is 21.7 Å². The summed E-state index contributed by atoms with van der Waals surface area (Å²) in [5, 5.41) is 10.1. The van der Waals surface area contributed by atoms with Crippen molar-refractivity contribution in [3.05, 3.63) is 64.1 Å². The van der Waals surface area contributed by atoms with Crippen LogP contribution in [0.4, 0.5) is 0 Å². The highest BCUT2D eigenvalue weighted by Gasteiger charge is 2.18. The van der Waals surface area contributed by atoms with Gasteiger partial charge in [-0.1, -0.05) is 28.1 Å². The van der Waals surface area contributed by atoms with Crippen molar-refractivity contribution in [2.24, 2.45) is 0 Å². The Hall–Kier alpha value is -1.65. The Morgan fingerprint density at radius 2 is 1.68 bits per heavy atom. The van der Waals surface area contributed by atoms with E-state index in [1.807, 2.05) is 0 Å². The van der Waals surface area contributed by atoms with Crippen molar-refractivity contribution < 1.29 is 14.6 Å². The van der Waals surface area contributed by atoms with Crippen LogP contribution in [-0.2, 0) is 0 Å². The lowest BCUT2D eigenvalue weighted by Crippen LogP contribution is -2.12. The number of aliphatic hydroxyl groups is 1. The van der Waals surface area contributed by atoms with E-state index >= 15 is 0 Å². The molecule has 0 saturated heterocycles. The van der Waals surface area contributed by atoms with Gasteiger partial charge in [-0.05, 0) is 42.0 Å². The smallest absolute Gasteiger partial charge is 0.195 e. The van der Waals surface area contributed by atoms with Gasteiger partial charge in [0.25, 0.3) is 0 Å². The molecule has 0 radical (unpaired) electrons. The fourth-order valence-electron chi connectivity index (χ4n) is 1.71. The van der Waals surface area contributed by atoms with Gasteiger partial charge in [-0.25, -0.2) is 0 Å². The molecular weight excluding hydrogens is 308 g/mol. The van der Waals surface area contributed by atoms with Crippen LogP contribution >= 0.6 is 15.9 Å². The second-order valence-corrected chi connectivity index (χ2v) is 4.96. The van der Waals surface area contributed by atoms with Crippen molar-refractivity contribution in [1.29, 1.82) is 0 Å². The molecule has 98 valence electrons. The molecule has 19 heavy (non-hydrogen) atoms. The Bertz CT molecular complexity index is 561. The summed E-state index contributed by atoms with van der Waals surface area (Å²) in [6.07, 6.45) is -1.15. The molecule has 0 aliphatic heterocycles. The topological polar surface area (TPSA) is 46.5 Å². The summed E-state index contributed by atoms with van der Waals surface area (Å²) in [6.45, 7) is 0. The molecule has 0 amide bonds. The van der Waals surface area contributed by atoms with Crippen molar-refractivity contribution in [2.45, 2.75) is 6.10 Å². The number of carbonyl (C=O) groups excluding carboxylic acids is 1. The minimum Gasteiger partial charge on any atom is -0.497 e. The summed E-state index contributed by atoms with van der Waals surface area (Å²) in [5.41, 5.74) is 1.03. The summed E-state index contributed by atoms with van der Waals surface area (Å²) in [7, 11) is 1.56. The van der Waals surface area contributed by atoms with Crippen LogP contribution in [0.2, 0.25) is 0 Å². The first-order chi connectivity index (χ1) is 9.11. The van der Waals surface area contributed by atoms with E-state index in [4.69, 9.17) is 4.74 Å². The maximum absolute atomic E-state index is 12.1. The van der Waals surface area contributed by atoms with E-state index in [9.17, 15) is 9.90 Å². The first-order valence-electron chi connectivity index (χ1n) is 5.73. The zero-order valence-electron chi connectivity index (χ0n) is 10.3. The molecule has 3 nitrogen and oxygen atoms in total. The molecule has 0 aromatic heterocycles. The first kappa shape index (κ1) is 13.8. The number of rotatable bonds is 4. The van der Waals surface area contributed by atoms with Crippen molar-refractivity contribution in [3.63, 3.8) is 0 Å². The standard InChI is InChI=1S/C15H13BrO3/c1-19-13-8-4-11(5-9-13)15(18)14(17)10-2-6-12(16)7-3-10/h2-9,14,17H,1H3/t14-/m0/s1. The first-order valence-corrected chi connectivity index (χ1v) is 6.53. The molecule has 0 spiro atoms. The van der Waals surface area contributed by atoms with Gasteiger partial charge in [0, 0.05) is 10.0 Å². The van der Waals surface area contributed by atoms with E-state index in [0.29, 0.717) is 16.9 Å². The van der Waals surface area contributed by atoms with Gasteiger partial charge < -0.3 is 9.84 Å². The minimum absolute atomic E-state index is 0.329. The number of ether oxygens (including phenoxy) is 1. The number of hydrogen-bond donors (Lipinski definition) is 1. The Kier molecular flexibility index (Phi) is 4.35. The Labute approximate surface area is 120 Å². The molecule has 0 saturated carbocycles. The molecule has 2 rings (SSSR count). The summed E-state index contributed by atoms with van der Waals surface area (Å²) >= 11 is 3.31. The molecule has 0 unspecified atom stereocenters. The highest BCUT2D eigenvalue weighted by Crippen LogP contribution is 2.21. The summed E-state index contributed by atoms with van der Waals surface area (Å²) < 4.78 is 5.93. The molecule has 0 aliphatic carbocycles. The number of aliphatic hydroxyl groups excluding tert-OH is 1. The van der Waals surface area contributed by atoms with Crippen molar-refractivity contribution in [1.82, 2.24) is 0 Å². The Morgan fingerprint density at radius 1 is 1.11 bits per heavy atom. The predicted octanol–water partition coefficient (Wildman–Crippen LogP) is 3.37. The third-order valence-electron chi connectivity index (χ3n) is 2.81. The van der Waals surface area contributed by atoms with E-state index in [-0.39, 0.29) is 5.78 Å². The van der Waals surface area contributed by atoms with Gasteiger partial charge in [-0.2, -0.15) is 0 Å². The van der Waals surface area contributed by atoms with Gasteiger partial charge in [-0.15, -0.1) is 0 Å². The molecule has 0 heterocycles. The Balaban J connectivity index is 2.20. The van der Waals surface area contributed by atoms with E-state index in [1.165, 1.54) is 0 Å². The molecule has 2 aromatic carbocycles. The number of carbonyl (C=O) groups is 1.